The average molecular weight is 1130 g/mol. The van der Waals surface area contributed by atoms with E-state index in [-0.39, 0.29) is 50.6 Å². The Kier molecular flexibility index (Phi) is 22.3. The highest BCUT2D eigenvalue weighted by Crippen LogP contribution is 2.40. The first-order chi connectivity index (χ1) is 36.1. The molecule has 2 aliphatic carbocycles. The van der Waals surface area contributed by atoms with Crippen LogP contribution in [0, 0.1) is 11.8 Å². The van der Waals surface area contributed by atoms with E-state index in [1.807, 2.05) is 0 Å². The molecular formula is C53H91N7O19. The zero-order valence-electron chi connectivity index (χ0n) is 48.7. The number of likely N-dealkylation sites (N-methyl/N-ethyl adjacent to an activating group) is 1. The van der Waals surface area contributed by atoms with E-state index >= 15 is 0 Å². The minimum absolute atomic E-state index is 0.0138. The highest BCUT2D eigenvalue weighted by molar-refractivity contribution is 5.81. The second-order valence-corrected chi connectivity index (χ2v) is 25.4. The predicted molar refractivity (Wildman–Crippen MR) is 284 cm³/mol. The van der Waals surface area contributed by atoms with Crippen LogP contribution in [0.2, 0.25) is 0 Å². The minimum atomic E-state index is -1.90. The van der Waals surface area contributed by atoms with Gasteiger partial charge in [-0.3, -0.25) is 4.79 Å². The van der Waals surface area contributed by atoms with E-state index in [0.717, 1.165) is 4.90 Å². The topological polar surface area (TPSA) is 353 Å². The summed E-state index contributed by atoms with van der Waals surface area (Å²) >= 11 is 0. The summed E-state index contributed by atoms with van der Waals surface area (Å²) in [6.07, 6.45) is -12.4. The summed E-state index contributed by atoms with van der Waals surface area (Å²) in [5.41, 5.74) is -6.52. The van der Waals surface area contributed by atoms with Crippen molar-refractivity contribution in [2.45, 2.75) is 224 Å². The van der Waals surface area contributed by atoms with Crippen molar-refractivity contribution < 1.29 is 92.2 Å². The number of rotatable bonds is 18. The molecule has 3 fully saturated rings. The standard InChI is InChI=1S/C53H91N7O19/c1-28(2)73-45(67)58-31-18-17-30(25-54-26-53(71)22-29(23-53)24-56-44(66)77-49(6,7)8)74-38(31)35-32(59-46(68)78-50(9,10)11)21-33(57-41(64)34(61)19-20-55-43(65)76-48(3,4)5)39(36(35)62)75-42-37(63)40(52(15,70)27-72-42)60(16)47(69)79-51(12,13)14/h17,29,31-40,42,54,61-63,70-71H,1,18-27H2,2-16H3,(H,55,65)(H,56,66)(H,57,64)(H,58,67)(H,59,68)/t29?,31-,32+,33-,34+,35-,36+,37-,38?,39+,40-,42-,52+,53?/m1/s1. The number of aliphatic hydroxyl groups excluding tert-OH is 3. The number of allylic oxidation sites excluding steroid dienone is 1. The first-order valence-corrected chi connectivity index (χ1v) is 26.8. The molecule has 0 aromatic carbocycles. The summed E-state index contributed by atoms with van der Waals surface area (Å²) in [6, 6.07) is -5.04. The lowest BCUT2D eigenvalue weighted by molar-refractivity contribution is -0.305. The summed E-state index contributed by atoms with van der Waals surface area (Å²) in [5, 5.41) is 75.8. The monoisotopic (exact) mass is 1130 g/mol. The van der Waals surface area contributed by atoms with E-state index in [0.29, 0.717) is 25.1 Å². The van der Waals surface area contributed by atoms with Gasteiger partial charge >= 0.3 is 30.5 Å². The van der Waals surface area contributed by atoms with Gasteiger partial charge in [-0.2, -0.15) is 0 Å². The van der Waals surface area contributed by atoms with Crippen LogP contribution >= 0.6 is 0 Å². The Morgan fingerprint density at radius 2 is 1.34 bits per heavy atom. The number of hydrogen-bond donors (Lipinski definition) is 11. The van der Waals surface area contributed by atoms with Crippen LogP contribution in [0.4, 0.5) is 24.0 Å². The van der Waals surface area contributed by atoms with Crippen molar-refractivity contribution in [3.63, 3.8) is 0 Å². The molecule has 4 rings (SSSR count). The normalized spacial score (nSPS) is 30.5. The molecule has 0 bridgehead atoms. The number of amides is 6. The van der Waals surface area contributed by atoms with Gasteiger partial charge in [-0.05, 0) is 141 Å². The molecule has 0 spiro atoms. The van der Waals surface area contributed by atoms with E-state index in [9.17, 15) is 54.3 Å². The van der Waals surface area contributed by atoms with Gasteiger partial charge in [0.15, 0.2) is 6.29 Å². The maximum absolute atomic E-state index is 14.0. The molecule has 4 aliphatic rings. The molecule has 1 unspecified atom stereocenters. The van der Waals surface area contributed by atoms with Crippen LogP contribution in [0.3, 0.4) is 0 Å². The van der Waals surface area contributed by atoms with E-state index in [4.69, 9.17) is 37.9 Å². The van der Waals surface area contributed by atoms with Gasteiger partial charge < -0.3 is 100 Å². The maximum atomic E-state index is 14.0. The fourth-order valence-electron chi connectivity index (χ4n) is 9.87. The molecule has 2 saturated carbocycles. The van der Waals surface area contributed by atoms with Gasteiger partial charge in [0.2, 0.25) is 5.91 Å². The molecule has 452 valence electrons. The molecule has 0 aromatic rings. The SMILES string of the molecule is C=C(C)OC(=O)N[C@@H]1CC=C(CNCC2(O)CC(CNC(=O)OC(C)(C)C)C2)OC1[C@H]1[C@H](O)[C@@H](O[C@H]2OC[C@](C)(O)[C@H](N(C)C(=O)OC(C)(C)C)[C@H]2O)[C@H](NC(=O)[C@@H](O)CCNC(=O)OC(C)(C)C)C[C@@H]1NC(=O)OC(C)(C)C. The number of nitrogens with one attached hydrogen (secondary N) is 6. The highest BCUT2D eigenvalue weighted by Gasteiger charge is 2.57. The molecule has 2 aliphatic heterocycles. The van der Waals surface area contributed by atoms with Gasteiger partial charge in [-0.15, -0.1) is 0 Å². The fraction of sp³-hybridized carbons (Fsp3) is 0.811. The number of nitrogens with zero attached hydrogens (tertiary/aromatic N) is 1. The van der Waals surface area contributed by atoms with Crippen molar-refractivity contribution in [3.8, 4) is 0 Å². The zero-order valence-corrected chi connectivity index (χ0v) is 48.7. The number of carbonyl (C=O) groups excluding carboxylic acids is 6. The van der Waals surface area contributed by atoms with Crippen molar-refractivity contribution >= 4 is 36.4 Å². The molecule has 26 nitrogen and oxygen atoms in total. The van der Waals surface area contributed by atoms with E-state index < -0.39 is 143 Å². The van der Waals surface area contributed by atoms with E-state index in [2.05, 4.69) is 38.5 Å². The Labute approximate surface area is 463 Å². The van der Waals surface area contributed by atoms with Gasteiger partial charge in [-0.25, -0.2) is 24.0 Å². The van der Waals surface area contributed by atoms with Gasteiger partial charge in [0.1, 0.15) is 58.2 Å². The van der Waals surface area contributed by atoms with Crippen LogP contribution in [-0.4, -0.2) is 201 Å². The van der Waals surface area contributed by atoms with E-state index in [1.54, 1.807) is 89.2 Å². The first kappa shape index (κ1) is 66.3. The fourth-order valence-corrected chi connectivity index (χ4v) is 9.87. The van der Waals surface area contributed by atoms with Crippen molar-refractivity contribution in [1.82, 2.24) is 36.8 Å². The second kappa shape index (κ2) is 26.6. The number of alkyl carbamates (subject to hydrolysis) is 4. The van der Waals surface area contributed by atoms with Crippen molar-refractivity contribution in [3.05, 3.63) is 24.2 Å². The second-order valence-electron chi connectivity index (χ2n) is 25.4. The van der Waals surface area contributed by atoms with Gasteiger partial charge in [0.25, 0.3) is 0 Å². The van der Waals surface area contributed by atoms with Crippen LogP contribution in [0.25, 0.3) is 0 Å². The Bertz CT molecular complexity index is 2160. The van der Waals surface area contributed by atoms with Crippen molar-refractivity contribution in [2.24, 2.45) is 11.8 Å². The first-order valence-electron chi connectivity index (χ1n) is 26.8. The lowest BCUT2D eigenvalue weighted by Gasteiger charge is -2.52. The predicted octanol–water partition coefficient (Wildman–Crippen LogP) is 2.67. The van der Waals surface area contributed by atoms with Gasteiger partial charge in [0, 0.05) is 38.6 Å². The number of ether oxygens (including phenoxy) is 8. The van der Waals surface area contributed by atoms with Crippen LogP contribution in [-0.2, 0) is 42.7 Å². The van der Waals surface area contributed by atoms with E-state index in [1.165, 1.54) is 20.9 Å². The third-order valence-electron chi connectivity index (χ3n) is 12.9. The highest BCUT2D eigenvalue weighted by atomic mass is 16.7. The molecule has 1 saturated heterocycles. The molecule has 0 aromatic heterocycles. The summed E-state index contributed by atoms with van der Waals surface area (Å²) < 4.78 is 46.2. The smallest absolute Gasteiger partial charge is 0.412 e. The Balaban J connectivity index is 1.72. The summed E-state index contributed by atoms with van der Waals surface area (Å²) in [6.45, 7) is 26.2. The Hall–Kier alpha value is -5.22. The zero-order chi connectivity index (χ0) is 59.8. The molecule has 2 heterocycles. The quantitative estimate of drug-likeness (QED) is 0.0694. The summed E-state index contributed by atoms with van der Waals surface area (Å²) in [5.74, 6) is -1.96. The maximum Gasteiger partial charge on any atom is 0.412 e. The van der Waals surface area contributed by atoms with Crippen molar-refractivity contribution in [1.29, 1.82) is 0 Å². The summed E-state index contributed by atoms with van der Waals surface area (Å²) in [4.78, 5) is 80.2. The van der Waals surface area contributed by atoms with Crippen LogP contribution in [0.1, 0.15) is 129 Å². The number of carbonyl (C=O) groups is 6. The van der Waals surface area contributed by atoms with Crippen LogP contribution in [0.15, 0.2) is 24.2 Å². The number of hydrogen-bond acceptors (Lipinski definition) is 20. The van der Waals surface area contributed by atoms with Gasteiger partial charge in [-0.1, -0.05) is 6.58 Å². The van der Waals surface area contributed by atoms with Crippen LogP contribution in [0.5, 0.6) is 0 Å². The molecule has 12 atom stereocenters. The molecule has 79 heavy (non-hydrogen) atoms. The lowest BCUT2D eigenvalue weighted by atomic mass is 9.71. The molecular weight excluding hydrogens is 1040 g/mol. The summed E-state index contributed by atoms with van der Waals surface area (Å²) in [7, 11) is 1.31. The average Bonchev–Trinajstić information content (AvgIpc) is 3.24. The largest absolute Gasteiger partial charge is 0.491 e. The van der Waals surface area contributed by atoms with Crippen molar-refractivity contribution in [2.75, 3.05) is 39.8 Å². The number of aliphatic hydroxyl groups is 5. The van der Waals surface area contributed by atoms with Gasteiger partial charge in [0.05, 0.1) is 48.7 Å². The molecule has 26 heteroatoms. The third-order valence-corrected chi connectivity index (χ3v) is 12.9. The third kappa shape index (κ3) is 21.0. The molecule has 11 N–H and O–H groups in total. The Morgan fingerprint density at radius 1 is 0.785 bits per heavy atom. The lowest BCUT2D eigenvalue weighted by Crippen LogP contribution is -2.71. The minimum Gasteiger partial charge on any atom is -0.491 e. The molecule has 6 amide bonds. The molecule has 0 radical (unpaired) electrons. The Morgan fingerprint density at radius 3 is 1.91 bits per heavy atom. The van der Waals surface area contributed by atoms with Crippen LogP contribution < -0.4 is 31.9 Å².